The summed E-state index contributed by atoms with van der Waals surface area (Å²) in [5.41, 5.74) is -1.13. The minimum absolute atomic E-state index is 0.0325. The number of esters is 2. The Bertz CT molecular complexity index is 1410. The van der Waals surface area contributed by atoms with E-state index in [0.717, 1.165) is 12.5 Å². The number of likely N-dealkylation sites (tertiary alicyclic amines) is 1. The number of ketones is 1. The van der Waals surface area contributed by atoms with E-state index in [1.807, 2.05) is 25.8 Å². The molecule has 3 aliphatic rings. The van der Waals surface area contributed by atoms with Gasteiger partial charge in [0.1, 0.15) is 11.5 Å². The largest absolute Gasteiger partial charge is 0.504 e. The third-order valence-corrected chi connectivity index (χ3v) is 9.13. The van der Waals surface area contributed by atoms with Crippen molar-refractivity contribution in [3.8, 4) is 11.5 Å². The Balaban J connectivity index is 1.63. The van der Waals surface area contributed by atoms with Gasteiger partial charge in [-0.1, -0.05) is 6.07 Å². The second-order valence-corrected chi connectivity index (χ2v) is 11.8. The molecular formula is C30H37NO13. The van der Waals surface area contributed by atoms with E-state index in [2.05, 4.69) is 0 Å². The Morgan fingerprint density at radius 1 is 1.11 bits per heavy atom. The highest BCUT2D eigenvalue weighted by molar-refractivity contribution is 5.90. The number of fused-ring (bicyclic) bond motifs is 1. The molecule has 0 saturated carbocycles. The third-order valence-electron chi connectivity index (χ3n) is 9.13. The number of hydrogen-bond donors (Lipinski definition) is 5. The van der Waals surface area contributed by atoms with Gasteiger partial charge >= 0.3 is 23.9 Å². The number of carbonyl (C=O) groups is 5. The number of carbonyl (C=O) groups excluding carboxylic acids is 3. The molecule has 2 aliphatic heterocycles. The van der Waals surface area contributed by atoms with E-state index in [1.54, 1.807) is 6.07 Å². The number of aliphatic hydroxyl groups is 2. The number of aryl methyl sites for hydroxylation is 1. The van der Waals surface area contributed by atoms with Crippen LogP contribution in [0.25, 0.3) is 0 Å². The van der Waals surface area contributed by atoms with Gasteiger partial charge in [0.15, 0.2) is 29.8 Å². The molecule has 1 aromatic carbocycles. The van der Waals surface area contributed by atoms with Crippen molar-refractivity contribution >= 4 is 29.7 Å². The van der Waals surface area contributed by atoms with Gasteiger partial charge in [0, 0.05) is 30.9 Å². The highest BCUT2D eigenvalue weighted by Crippen LogP contribution is 2.62. The second-order valence-electron chi connectivity index (χ2n) is 11.8. The summed E-state index contributed by atoms with van der Waals surface area (Å²) in [5, 5.41) is 50.5. The Kier molecular flexibility index (Phi) is 9.10. The number of piperidine rings is 1. The molecule has 0 radical (unpaired) electrons. The van der Waals surface area contributed by atoms with Crippen molar-refractivity contribution in [2.45, 2.75) is 88.2 Å². The average Bonchev–Trinajstić information content (AvgIpc) is 3.32. The summed E-state index contributed by atoms with van der Waals surface area (Å²) in [5.74, 6) is -7.71. The maximum atomic E-state index is 13.3. The van der Waals surface area contributed by atoms with E-state index >= 15 is 0 Å². The van der Waals surface area contributed by atoms with E-state index in [1.165, 1.54) is 12.1 Å². The fraction of sp³-hybridized carbons (Fsp3) is 0.567. The average molecular weight is 620 g/mol. The zero-order valence-corrected chi connectivity index (χ0v) is 24.8. The molecule has 1 fully saturated rings. The number of ether oxygens (including phenoxy) is 3. The van der Waals surface area contributed by atoms with E-state index < -0.39 is 84.2 Å². The van der Waals surface area contributed by atoms with Crippen molar-refractivity contribution in [1.29, 1.82) is 0 Å². The van der Waals surface area contributed by atoms with Crippen molar-refractivity contribution < 1.29 is 63.7 Å². The maximum absolute atomic E-state index is 13.3. The van der Waals surface area contributed by atoms with Crippen LogP contribution >= 0.6 is 0 Å². The van der Waals surface area contributed by atoms with Crippen LogP contribution in [-0.2, 0) is 38.9 Å². The summed E-state index contributed by atoms with van der Waals surface area (Å²) in [4.78, 5) is 62.8. The van der Waals surface area contributed by atoms with Crippen molar-refractivity contribution in [3.05, 3.63) is 35.1 Å². The van der Waals surface area contributed by atoms with Gasteiger partial charge in [-0.2, -0.15) is 0 Å². The van der Waals surface area contributed by atoms with Gasteiger partial charge in [0.25, 0.3) is 0 Å². The summed E-state index contributed by atoms with van der Waals surface area (Å²) in [6.45, 7) is 5.34. The van der Waals surface area contributed by atoms with E-state index in [0.29, 0.717) is 18.5 Å². The smallest absolute Gasteiger partial charge is 0.344 e. The molecule has 0 unspecified atom stereocenters. The van der Waals surface area contributed by atoms with Crippen molar-refractivity contribution in [1.82, 2.24) is 4.90 Å². The minimum atomic E-state index is -2.04. The number of phenols is 1. The number of rotatable bonds is 11. The number of benzene rings is 1. The molecule has 1 spiro atoms. The van der Waals surface area contributed by atoms with Crippen LogP contribution in [0.1, 0.15) is 57.1 Å². The Hall–Kier alpha value is -4.01. The summed E-state index contributed by atoms with van der Waals surface area (Å²) in [6.07, 6.45) is -5.04. The highest BCUT2D eigenvalue weighted by Gasteiger charge is 2.69. The van der Waals surface area contributed by atoms with Crippen LogP contribution in [0.15, 0.2) is 24.0 Å². The predicted octanol–water partition coefficient (Wildman–Crippen LogP) is 0.803. The molecule has 1 aromatic rings. The first-order valence-corrected chi connectivity index (χ1v) is 14.2. The molecule has 0 bridgehead atoms. The summed E-state index contributed by atoms with van der Waals surface area (Å²) in [7, 11) is 1.89. The number of aliphatic hydroxyl groups excluding tert-OH is 1. The van der Waals surface area contributed by atoms with Crippen LogP contribution in [-0.4, -0.2) is 104 Å². The first kappa shape index (κ1) is 32.9. The van der Waals surface area contributed by atoms with Crippen molar-refractivity contribution in [3.63, 3.8) is 0 Å². The first-order valence-electron chi connectivity index (χ1n) is 14.2. The van der Waals surface area contributed by atoms with Crippen LogP contribution in [0.3, 0.4) is 0 Å². The quantitative estimate of drug-likeness (QED) is 0.217. The first-order chi connectivity index (χ1) is 20.5. The topological polar surface area (TPSA) is 217 Å². The Morgan fingerprint density at radius 3 is 2.43 bits per heavy atom. The summed E-state index contributed by atoms with van der Waals surface area (Å²) >= 11 is 0. The lowest BCUT2D eigenvalue weighted by Gasteiger charge is -2.58. The standard InChI is InChI=1S/C30H37NO13/c1-14-5-6-19(33)24-23(14)29-9-10-31(4)16(3)30(29,41)8-7-21(25(29)44-24)43-22(35)12-17(28(40)42-15(2)26(36)37)11-18(32)13-20(34)27(38)39/h5-7,15-17,20,25,33-34,41H,8-13H2,1-4H3,(H,36,37)(H,38,39)/t15-,16+,17-,20-,25-,29-,30+/m0/s1. The Labute approximate surface area is 252 Å². The molecule has 2 heterocycles. The highest BCUT2D eigenvalue weighted by atomic mass is 16.6. The molecular weight excluding hydrogens is 582 g/mol. The number of Topliss-reactive ketones (excluding diaryl/α,β-unsaturated/α-hetero) is 1. The van der Waals surface area contributed by atoms with Gasteiger partial charge < -0.3 is 44.6 Å². The molecule has 7 atom stereocenters. The molecule has 14 nitrogen and oxygen atoms in total. The lowest BCUT2D eigenvalue weighted by Crippen LogP contribution is -2.71. The number of carboxylic acid groups (broad SMARTS) is 2. The van der Waals surface area contributed by atoms with Crippen LogP contribution < -0.4 is 4.74 Å². The van der Waals surface area contributed by atoms with Crippen molar-refractivity contribution in [2.75, 3.05) is 13.6 Å². The zero-order chi connectivity index (χ0) is 32.7. The molecule has 5 N–H and O–H groups in total. The monoisotopic (exact) mass is 619 g/mol. The van der Waals surface area contributed by atoms with Gasteiger partial charge in [0.05, 0.1) is 23.4 Å². The second kappa shape index (κ2) is 12.2. The molecule has 4 rings (SSSR count). The number of likely N-dealkylation sites (N-methyl/N-ethyl adjacent to an activating group) is 1. The van der Waals surface area contributed by atoms with Crippen molar-refractivity contribution in [2.24, 2.45) is 5.92 Å². The SMILES string of the molecule is Cc1ccc(O)c2c1[C@]13CCN(C)[C@H](C)[C@]1(O)CC=C(OC(=O)C[C@H](CC(=O)C[C@H](O)C(=O)O)C(=O)O[C@@H](C)C(=O)O)[C@@H]3O2. The van der Waals surface area contributed by atoms with Crippen LogP contribution in [0.4, 0.5) is 0 Å². The summed E-state index contributed by atoms with van der Waals surface area (Å²) < 4.78 is 16.8. The fourth-order valence-electron chi connectivity index (χ4n) is 6.60. The zero-order valence-electron chi connectivity index (χ0n) is 24.8. The molecule has 14 heteroatoms. The fourth-order valence-corrected chi connectivity index (χ4v) is 6.60. The Morgan fingerprint density at radius 2 is 1.80 bits per heavy atom. The van der Waals surface area contributed by atoms with E-state index in [4.69, 9.17) is 24.4 Å². The number of aliphatic carboxylic acids is 2. The molecule has 0 amide bonds. The van der Waals surface area contributed by atoms with Gasteiger partial charge in [-0.15, -0.1) is 0 Å². The van der Waals surface area contributed by atoms with E-state index in [9.17, 15) is 39.3 Å². The molecule has 0 aromatic heterocycles. The molecule has 1 aliphatic carbocycles. The lowest BCUT2D eigenvalue weighted by molar-refractivity contribution is -0.169. The van der Waals surface area contributed by atoms with Gasteiger partial charge in [-0.25, -0.2) is 9.59 Å². The summed E-state index contributed by atoms with van der Waals surface area (Å²) in [6, 6.07) is 2.84. The molecule has 1 saturated heterocycles. The maximum Gasteiger partial charge on any atom is 0.344 e. The lowest BCUT2D eigenvalue weighted by atomic mass is 9.54. The third kappa shape index (κ3) is 5.64. The molecule has 44 heavy (non-hydrogen) atoms. The van der Waals surface area contributed by atoms with E-state index in [-0.39, 0.29) is 29.7 Å². The minimum Gasteiger partial charge on any atom is -0.504 e. The van der Waals surface area contributed by atoms with Crippen LogP contribution in [0.5, 0.6) is 11.5 Å². The number of phenolic OH excluding ortho intramolecular Hbond substituents is 1. The van der Waals surface area contributed by atoms with Gasteiger partial charge in [0.2, 0.25) is 0 Å². The number of aromatic hydroxyl groups is 1. The number of hydrogen-bond acceptors (Lipinski definition) is 12. The number of nitrogens with zero attached hydrogens (tertiary/aromatic N) is 1. The van der Waals surface area contributed by atoms with Gasteiger partial charge in [-0.05, 0) is 58.5 Å². The van der Waals surface area contributed by atoms with Gasteiger partial charge in [-0.3, -0.25) is 14.4 Å². The molecule has 240 valence electrons. The van der Waals surface area contributed by atoms with Crippen LogP contribution in [0, 0.1) is 12.8 Å². The predicted molar refractivity (Wildman–Crippen MR) is 149 cm³/mol. The van der Waals surface area contributed by atoms with Crippen LogP contribution in [0.2, 0.25) is 0 Å². The number of carboxylic acids is 2. The normalized spacial score (nSPS) is 27.7.